The highest BCUT2D eigenvalue weighted by atomic mass is 32.2. The van der Waals surface area contributed by atoms with Gasteiger partial charge in [0, 0.05) is 12.6 Å². The second-order valence-electron chi connectivity index (χ2n) is 4.30. The Labute approximate surface area is 109 Å². The van der Waals surface area contributed by atoms with Gasteiger partial charge in [-0.2, -0.15) is 13.2 Å². The Morgan fingerprint density at radius 3 is 2.53 bits per heavy atom. The van der Waals surface area contributed by atoms with Crippen molar-refractivity contribution >= 4 is 10.0 Å². The first kappa shape index (κ1) is 14.3. The Morgan fingerprint density at radius 1 is 1.26 bits per heavy atom. The molecule has 1 aliphatic rings. The van der Waals surface area contributed by atoms with Crippen molar-refractivity contribution in [1.29, 1.82) is 0 Å². The number of hydrogen-bond donors (Lipinski definition) is 2. The predicted molar refractivity (Wildman–Crippen MR) is 63.0 cm³/mol. The lowest BCUT2D eigenvalue weighted by molar-refractivity contribution is -0.139. The molecule has 0 spiro atoms. The molecule has 0 radical (unpaired) electrons. The summed E-state index contributed by atoms with van der Waals surface area (Å²) < 4.78 is 64.7. The van der Waals surface area contributed by atoms with Gasteiger partial charge in [0.25, 0.3) is 0 Å². The van der Waals surface area contributed by atoms with Gasteiger partial charge in [-0.1, -0.05) is 12.1 Å². The van der Waals surface area contributed by atoms with Gasteiger partial charge in [-0.15, -0.1) is 0 Å². The summed E-state index contributed by atoms with van der Waals surface area (Å²) in [6, 6.07) is 3.80. The van der Waals surface area contributed by atoms with E-state index < -0.39 is 26.7 Å². The van der Waals surface area contributed by atoms with E-state index in [1.807, 2.05) is 0 Å². The van der Waals surface area contributed by atoms with E-state index in [-0.39, 0.29) is 6.04 Å². The Hall–Kier alpha value is -1.12. The van der Waals surface area contributed by atoms with Crippen molar-refractivity contribution in [1.82, 2.24) is 10.0 Å². The number of rotatable bonds is 3. The Morgan fingerprint density at radius 2 is 1.95 bits per heavy atom. The van der Waals surface area contributed by atoms with Crippen LogP contribution < -0.4 is 10.0 Å². The van der Waals surface area contributed by atoms with E-state index in [0.717, 1.165) is 12.1 Å². The third-order valence-electron chi connectivity index (χ3n) is 2.86. The molecule has 106 valence electrons. The van der Waals surface area contributed by atoms with Crippen molar-refractivity contribution in [3.05, 3.63) is 29.8 Å². The highest BCUT2D eigenvalue weighted by molar-refractivity contribution is 7.89. The minimum absolute atomic E-state index is 0.369. The van der Waals surface area contributed by atoms with Gasteiger partial charge >= 0.3 is 6.18 Å². The Kier molecular flexibility index (Phi) is 3.84. The summed E-state index contributed by atoms with van der Waals surface area (Å²) in [6.07, 6.45) is -4.13. The molecule has 1 saturated heterocycles. The number of nitrogens with one attached hydrogen (secondary N) is 2. The maximum absolute atomic E-state index is 12.8. The SMILES string of the molecule is O=S(=O)(N[C@@H]1CCNC1)c1ccccc1C(F)(F)F. The van der Waals surface area contributed by atoms with Crippen molar-refractivity contribution in [2.24, 2.45) is 0 Å². The first-order chi connectivity index (χ1) is 8.81. The number of hydrogen-bond acceptors (Lipinski definition) is 3. The minimum Gasteiger partial charge on any atom is -0.315 e. The molecule has 0 aliphatic carbocycles. The van der Waals surface area contributed by atoms with E-state index in [2.05, 4.69) is 10.0 Å². The molecule has 1 atom stereocenters. The molecule has 2 rings (SSSR count). The molecule has 1 heterocycles. The fourth-order valence-electron chi connectivity index (χ4n) is 1.97. The Bertz CT molecular complexity index is 551. The lowest BCUT2D eigenvalue weighted by Crippen LogP contribution is -2.37. The Balaban J connectivity index is 2.35. The molecule has 8 heteroatoms. The molecule has 0 saturated carbocycles. The van der Waals surface area contributed by atoms with Crippen molar-refractivity contribution in [3.8, 4) is 0 Å². The summed E-state index contributed by atoms with van der Waals surface area (Å²) >= 11 is 0. The summed E-state index contributed by atoms with van der Waals surface area (Å²) in [4.78, 5) is -0.727. The van der Waals surface area contributed by atoms with Crippen molar-refractivity contribution in [3.63, 3.8) is 0 Å². The van der Waals surface area contributed by atoms with E-state index in [0.29, 0.717) is 19.5 Å². The summed E-state index contributed by atoms with van der Waals surface area (Å²) in [7, 11) is -4.17. The predicted octanol–water partition coefficient (Wildman–Crippen LogP) is 1.35. The van der Waals surface area contributed by atoms with Crippen molar-refractivity contribution in [2.45, 2.75) is 23.5 Å². The first-order valence-electron chi connectivity index (χ1n) is 5.70. The standard InChI is InChI=1S/C11H13F3N2O2S/c12-11(13,14)9-3-1-2-4-10(9)19(17,18)16-8-5-6-15-7-8/h1-4,8,15-16H,5-7H2/t8-/m1/s1. The number of benzene rings is 1. The summed E-state index contributed by atoms with van der Waals surface area (Å²) in [5.74, 6) is 0. The number of alkyl halides is 3. The van der Waals surface area contributed by atoms with E-state index in [1.165, 1.54) is 12.1 Å². The second-order valence-corrected chi connectivity index (χ2v) is 5.99. The van der Waals surface area contributed by atoms with Gasteiger partial charge < -0.3 is 5.32 Å². The zero-order valence-corrected chi connectivity index (χ0v) is 10.7. The zero-order chi connectivity index (χ0) is 14.1. The molecule has 1 aromatic rings. The molecule has 0 aromatic heterocycles. The van der Waals surface area contributed by atoms with Crippen LogP contribution in [0, 0.1) is 0 Å². The molecule has 1 aromatic carbocycles. The highest BCUT2D eigenvalue weighted by Gasteiger charge is 2.37. The number of sulfonamides is 1. The molecular formula is C11H13F3N2O2S. The molecular weight excluding hydrogens is 281 g/mol. The van der Waals surface area contributed by atoms with Crippen LogP contribution in [0.4, 0.5) is 13.2 Å². The van der Waals surface area contributed by atoms with Crippen LogP contribution in [0.1, 0.15) is 12.0 Å². The summed E-state index contributed by atoms with van der Waals surface area (Å²) in [5.41, 5.74) is -1.14. The third-order valence-corrected chi connectivity index (χ3v) is 4.44. The van der Waals surface area contributed by atoms with Crippen LogP contribution in [0.2, 0.25) is 0 Å². The topological polar surface area (TPSA) is 58.2 Å². The molecule has 0 amide bonds. The second kappa shape index (κ2) is 5.10. The number of halogens is 3. The fraction of sp³-hybridized carbons (Fsp3) is 0.455. The van der Waals surface area contributed by atoms with Gasteiger partial charge in [0.2, 0.25) is 10.0 Å². The van der Waals surface area contributed by atoms with Gasteiger partial charge in [0.15, 0.2) is 0 Å². The molecule has 0 bridgehead atoms. The molecule has 19 heavy (non-hydrogen) atoms. The average Bonchev–Trinajstić information content (AvgIpc) is 2.80. The van der Waals surface area contributed by atoms with Crippen molar-refractivity contribution in [2.75, 3.05) is 13.1 Å². The lowest BCUT2D eigenvalue weighted by Gasteiger charge is -2.16. The van der Waals surface area contributed by atoms with Gasteiger partial charge in [-0.25, -0.2) is 13.1 Å². The largest absolute Gasteiger partial charge is 0.417 e. The van der Waals surface area contributed by atoms with Crippen LogP contribution in [0.5, 0.6) is 0 Å². The van der Waals surface area contributed by atoms with E-state index in [4.69, 9.17) is 0 Å². The first-order valence-corrected chi connectivity index (χ1v) is 7.18. The van der Waals surface area contributed by atoms with Crippen LogP contribution in [-0.4, -0.2) is 27.5 Å². The van der Waals surface area contributed by atoms with Crippen LogP contribution in [0.15, 0.2) is 29.2 Å². The maximum Gasteiger partial charge on any atom is 0.417 e. The molecule has 0 unspecified atom stereocenters. The molecule has 1 fully saturated rings. The van der Waals surface area contributed by atoms with Gasteiger partial charge in [0.05, 0.1) is 10.5 Å². The molecule has 4 nitrogen and oxygen atoms in total. The highest BCUT2D eigenvalue weighted by Crippen LogP contribution is 2.33. The van der Waals surface area contributed by atoms with Gasteiger partial charge in [-0.05, 0) is 25.1 Å². The molecule has 2 N–H and O–H groups in total. The summed E-state index contributed by atoms with van der Waals surface area (Å²) in [6.45, 7) is 1.07. The quantitative estimate of drug-likeness (QED) is 0.884. The van der Waals surface area contributed by atoms with Crippen molar-refractivity contribution < 1.29 is 21.6 Å². The maximum atomic E-state index is 12.8. The third kappa shape index (κ3) is 3.26. The lowest BCUT2D eigenvalue weighted by atomic mass is 10.2. The van der Waals surface area contributed by atoms with Crippen LogP contribution in [0.25, 0.3) is 0 Å². The van der Waals surface area contributed by atoms with E-state index in [1.54, 1.807) is 0 Å². The zero-order valence-electron chi connectivity index (χ0n) is 9.87. The van der Waals surface area contributed by atoms with Gasteiger partial charge in [0.1, 0.15) is 0 Å². The molecule has 1 aliphatic heterocycles. The van der Waals surface area contributed by atoms with E-state index >= 15 is 0 Å². The van der Waals surface area contributed by atoms with E-state index in [9.17, 15) is 21.6 Å². The van der Waals surface area contributed by atoms with Crippen LogP contribution in [0.3, 0.4) is 0 Å². The average molecular weight is 294 g/mol. The van der Waals surface area contributed by atoms with Gasteiger partial charge in [-0.3, -0.25) is 0 Å². The minimum atomic E-state index is -4.70. The van der Waals surface area contributed by atoms with Crippen LogP contribution in [-0.2, 0) is 16.2 Å². The monoisotopic (exact) mass is 294 g/mol. The fourth-order valence-corrected chi connectivity index (χ4v) is 3.47. The summed E-state index contributed by atoms with van der Waals surface area (Å²) in [5, 5.41) is 2.94. The van der Waals surface area contributed by atoms with Crippen LogP contribution >= 0.6 is 0 Å². The smallest absolute Gasteiger partial charge is 0.315 e. The normalized spacial score (nSPS) is 20.7.